The smallest absolute Gasteiger partial charge is 0.337 e. The third-order valence-corrected chi connectivity index (χ3v) is 3.51. The molecule has 0 spiro atoms. The van der Waals surface area contributed by atoms with E-state index in [9.17, 15) is 14.4 Å². The number of anilines is 1. The lowest BCUT2D eigenvalue weighted by Gasteiger charge is -2.10. The average Bonchev–Trinajstić information content (AvgIpc) is 2.43. The van der Waals surface area contributed by atoms with Gasteiger partial charge in [0.25, 0.3) is 11.5 Å². The summed E-state index contributed by atoms with van der Waals surface area (Å²) in [4.78, 5) is 34.8. The number of carboxylic acid groups (broad SMARTS) is 1. The second-order valence-electron chi connectivity index (χ2n) is 4.29. The van der Waals surface area contributed by atoms with Crippen LogP contribution in [0.4, 0.5) is 5.69 Å². The number of nitrogens with zero attached hydrogens (tertiary/aromatic N) is 1. The number of hydrogen-bond acceptors (Lipinski definition) is 3. The first-order chi connectivity index (χ1) is 9.90. The number of aromatic nitrogens is 1. The molecule has 0 radical (unpaired) electrons. The predicted molar refractivity (Wildman–Crippen MR) is 80.7 cm³/mol. The van der Waals surface area contributed by atoms with Gasteiger partial charge in [0, 0.05) is 29.3 Å². The van der Waals surface area contributed by atoms with E-state index in [1.807, 2.05) is 0 Å². The van der Waals surface area contributed by atoms with Crippen molar-refractivity contribution >= 4 is 33.5 Å². The van der Waals surface area contributed by atoms with Gasteiger partial charge in [0.1, 0.15) is 0 Å². The zero-order chi connectivity index (χ0) is 15.6. The largest absolute Gasteiger partial charge is 0.478 e. The monoisotopic (exact) mass is 350 g/mol. The Balaban J connectivity index is 2.38. The van der Waals surface area contributed by atoms with Gasteiger partial charge in [-0.2, -0.15) is 0 Å². The zero-order valence-electron chi connectivity index (χ0n) is 11.0. The van der Waals surface area contributed by atoms with Crippen LogP contribution in [0, 0.1) is 0 Å². The summed E-state index contributed by atoms with van der Waals surface area (Å²) in [6, 6.07) is 7.22. The molecule has 0 saturated heterocycles. The average molecular weight is 351 g/mol. The van der Waals surface area contributed by atoms with Crippen molar-refractivity contribution in [3.05, 3.63) is 62.5 Å². The highest BCUT2D eigenvalue weighted by molar-refractivity contribution is 9.10. The molecule has 1 aromatic heterocycles. The lowest BCUT2D eigenvalue weighted by atomic mass is 10.1. The highest BCUT2D eigenvalue weighted by atomic mass is 79.9. The van der Waals surface area contributed by atoms with Crippen LogP contribution in [0.2, 0.25) is 0 Å². The van der Waals surface area contributed by atoms with Crippen molar-refractivity contribution in [2.45, 2.75) is 0 Å². The minimum atomic E-state index is -1.16. The van der Waals surface area contributed by atoms with Gasteiger partial charge in [-0.3, -0.25) is 9.59 Å². The number of halogens is 1. The second-order valence-corrected chi connectivity index (χ2v) is 5.14. The molecule has 7 heteroatoms. The van der Waals surface area contributed by atoms with Gasteiger partial charge in [0.05, 0.1) is 11.3 Å². The molecule has 6 nitrogen and oxygen atoms in total. The molecule has 0 saturated carbocycles. The van der Waals surface area contributed by atoms with Gasteiger partial charge in [-0.1, -0.05) is 6.07 Å². The lowest BCUT2D eigenvalue weighted by molar-refractivity contribution is 0.0698. The van der Waals surface area contributed by atoms with Crippen LogP contribution in [0.15, 0.2) is 45.8 Å². The van der Waals surface area contributed by atoms with E-state index in [4.69, 9.17) is 5.11 Å². The maximum atomic E-state index is 12.1. The van der Waals surface area contributed by atoms with Gasteiger partial charge in [0.15, 0.2) is 0 Å². The van der Waals surface area contributed by atoms with Crippen LogP contribution in [0.25, 0.3) is 0 Å². The summed E-state index contributed by atoms with van der Waals surface area (Å²) in [5.41, 5.74) is -0.0596. The van der Waals surface area contributed by atoms with Crippen molar-refractivity contribution < 1.29 is 14.7 Å². The summed E-state index contributed by atoms with van der Waals surface area (Å²) in [5.74, 6) is -1.71. The molecule has 0 aliphatic carbocycles. The quantitative estimate of drug-likeness (QED) is 0.886. The van der Waals surface area contributed by atoms with E-state index in [0.29, 0.717) is 4.47 Å². The van der Waals surface area contributed by atoms with Crippen molar-refractivity contribution in [1.29, 1.82) is 0 Å². The first-order valence-corrected chi connectivity index (χ1v) is 6.69. The number of pyridine rings is 1. The molecule has 2 aromatic rings. The fourth-order valence-electron chi connectivity index (χ4n) is 1.70. The van der Waals surface area contributed by atoms with Gasteiger partial charge in [0.2, 0.25) is 0 Å². The Hall–Kier alpha value is -2.41. The zero-order valence-corrected chi connectivity index (χ0v) is 12.5. The van der Waals surface area contributed by atoms with Gasteiger partial charge in [-0.05, 0) is 34.1 Å². The number of carboxylic acids is 1. The van der Waals surface area contributed by atoms with Crippen molar-refractivity contribution in [2.24, 2.45) is 7.05 Å². The van der Waals surface area contributed by atoms with Gasteiger partial charge >= 0.3 is 5.97 Å². The summed E-state index contributed by atoms with van der Waals surface area (Å²) in [6.07, 6.45) is 1.47. The molecular weight excluding hydrogens is 340 g/mol. The highest BCUT2D eigenvalue weighted by Crippen LogP contribution is 2.27. The predicted octanol–water partition coefficient (Wildman–Crippen LogP) is 2.10. The van der Waals surface area contributed by atoms with Crippen LogP contribution < -0.4 is 10.9 Å². The number of amides is 1. The Bertz CT molecular complexity index is 783. The molecule has 21 heavy (non-hydrogen) atoms. The normalized spacial score (nSPS) is 10.2. The second kappa shape index (κ2) is 5.92. The Labute approximate surface area is 128 Å². The molecule has 1 amide bonds. The van der Waals surface area contributed by atoms with Crippen LogP contribution in [0.5, 0.6) is 0 Å². The Morgan fingerprint density at radius 2 is 2.00 bits per heavy atom. The Kier molecular flexibility index (Phi) is 4.23. The van der Waals surface area contributed by atoms with E-state index < -0.39 is 11.9 Å². The fourth-order valence-corrected chi connectivity index (χ4v) is 2.17. The van der Waals surface area contributed by atoms with Gasteiger partial charge in [-0.25, -0.2) is 4.79 Å². The molecule has 1 aromatic carbocycles. The molecule has 0 bridgehead atoms. The number of benzene rings is 1. The molecule has 108 valence electrons. The fraction of sp³-hybridized carbons (Fsp3) is 0.0714. The first-order valence-electron chi connectivity index (χ1n) is 5.90. The molecule has 0 fully saturated rings. The number of rotatable bonds is 3. The van der Waals surface area contributed by atoms with Crippen LogP contribution in [-0.4, -0.2) is 21.6 Å². The van der Waals surface area contributed by atoms with E-state index in [1.54, 1.807) is 19.2 Å². The number of carbonyl (C=O) groups is 2. The topological polar surface area (TPSA) is 88.4 Å². The van der Waals surface area contributed by atoms with Gasteiger partial charge in [-0.15, -0.1) is 0 Å². The van der Waals surface area contributed by atoms with Gasteiger partial charge < -0.3 is 15.0 Å². The molecule has 0 aliphatic rings. The van der Waals surface area contributed by atoms with E-state index in [0.717, 1.165) is 0 Å². The number of hydrogen-bond donors (Lipinski definition) is 2. The molecule has 0 unspecified atom stereocenters. The summed E-state index contributed by atoms with van der Waals surface area (Å²) in [7, 11) is 1.57. The van der Waals surface area contributed by atoms with Crippen LogP contribution in [0.1, 0.15) is 20.7 Å². The van der Waals surface area contributed by atoms with Crippen molar-refractivity contribution in [1.82, 2.24) is 4.57 Å². The minimum absolute atomic E-state index is 0.0402. The Morgan fingerprint density at radius 1 is 1.29 bits per heavy atom. The van der Waals surface area contributed by atoms with E-state index in [2.05, 4.69) is 21.2 Å². The number of aromatic carboxylic acids is 1. The molecule has 2 rings (SSSR count). The maximum Gasteiger partial charge on any atom is 0.337 e. The number of nitrogens with one attached hydrogen (secondary N) is 1. The van der Waals surface area contributed by atoms with E-state index in [1.165, 1.54) is 29.0 Å². The molecule has 0 atom stereocenters. The lowest BCUT2D eigenvalue weighted by Crippen LogP contribution is -2.21. The Morgan fingerprint density at radius 3 is 2.62 bits per heavy atom. The maximum absolute atomic E-state index is 12.1. The first kappa shape index (κ1) is 15.0. The van der Waals surface area contributed by atoms with Crippen LogP contribution in [0.3, 0.4) is 0 Å². The van der Waals surface area contributed by atoms with Crippen LogP contribution >= 0.6 is 15.9 Å². The van der Waals surface area contributed by atoms with Crippen molar-refractivity contribution in [3.8, 4) is 0 Å². The molecule has 2 N–H and O–H groups in total. The highest BCUT2D eigenvalue weighted by Gasteiger charge is 2.16. The standard InChI is InChI=1S/C14H11BrN2O4/c1-17-6-5-8(7-11(17)18)13(19)16-12-9(14(20)21)3-2-4-10(12)15/h2-7H,1H3,(H,16,19)(H,20,21). The molecule has 0 aliphatic heterocycles. The number of para-hydroxylation sites is 1. The van der Waals surface area contributed by atoms with E-state index >= 15 is 0 Å². The number of carbonyl (C=O) groups excluding carboxylic acids is 1. The molecule has 1 heterocycles. The third kappa shape index (κ3) is 3.19. The number of aryl methyl sites for hydroxylation is 1. The molecular formula is C14H11BrN2O4. The third-order valence-electron chi connectivity index (χ3n) is 2.85. The summed E-state index contributed by atoms with van der Waals surface area (Å²) in [6.45, 7) is 0. The SMILES string of the molecule is Cn1ccc(C(=O)Nc2c(Br)cccc2C(=O)O)cc1=O. The minimum Gasteiger partial charge on any atom is -0.478 e. The van der Waals surface area contributed by atoms with Crippen molar-refractivity contribution in [2.75, 3.05) is 5.32 Å². The summed E-state index contributed by atoms with van der Waals surface area (Å²) >= 11 is 3.20. The summed E-state index contributed by atoms with van der Waals surface area (Å²) in [5, 5.41) is 11.6. The van der Waals surface area contributed by atoms with Crippen molar-refractivity contribution in [3.63, 3.8) is 0 Å². The van der Waals surface area contributed by atoms with E-state index in [-0.39, 0.29) is 22.4 Å². The van der Waals surface area contributed by atoms with Crippen LogP contribution in [-0.2, 0) is 7.05 Å². The summed E-state index contributed by atoms with van der Waals surface area (Å²) < 4.78 is 1.78.